The smallest absolute Gasteiger partial charge is 0.244 e. The van der Waals surface area contributed by atoms with E-state index in [1.54, 1.807) is 11.0 Å². The SMILES string of the molecule is CSCCC(NS(=O)(=O)c1ccccc1F)C(=O)NCc1ccccc1Cn1cncn1. The van der Waals surface area contributed by atoms with Gasteiger partial charge in [0.25, 0.3) is 0 Å². The van der Waals surface area contributed by atoms with E-state index in [2.05, 4.69) is 20.1 Å². The van der Waals surface area contributed by atoms with Crippen LogP contribution in [-0.2, 0) is 27.9 Å². The fourth-order valence-electron chi connectivity index (χ4n) is 3.07. The van der Waals surface area contributed by atoms with Crippen molar-refractivity contribution in [2.24, 2.45) is 0 Å². The van der Waals surface area contributed by atoms with E-state index in [0.717, 1.165) is 17.2 Å². The molecule has 0 saturated heterocycles. The van der Waals surface area contributed by atoms with Crippen LogP contribution in [0, 0.1) is 5.82 Å². The number of thioether (sulfide) groups is 1. The molecule has 1 amide bonds. The molecular weight excluding hydrogens is 453 g/mol. The van der Waals surface area contributed by atoms with Crippen LogP contribution >= 0.6 is 11.8 Å². The zero-order chi connectivity index (χ0) is 23.0. The number of amides is 1. The van der Waals surface area contributed by atoms with Crippen molar-refractivity contribution >= 4 is 27.7 Å². The van der Waals surface area contributed by atoms with Crippen LogP contribution in [0.3, 0.4) is 0 Å². The average Bonchev–Trinajstić information content (AvgIpc) is 3.29. The largest absolute Gasteiger partial charge is 0.351 e. The summed E-state index contributed by atoms with van der Waals surface area (Å²) in [6.45, 7) is 0.697. The summed E-state index contributed by atoms with van der Waals surface area (Å²) in [6, 6.07) is 11.6. The third kappa shape index (κ3) is 6.38. The quantitative estimate of drug-likeness (QED) is 0.439. The Morgan fingerprint density at radius 3 is 2.56 bits per heavy atom. The maximum Gasteiger partial charge on any atom is 0.244 e. The predicted molar refractivity (Wildman–Crippen MR) is 121 cm³/mol. The summed E-state index contributed by atoms with van der Waals surface area (Å²) in [5.74, 6) is -0.790. The van der Waals surface area contributed by atoms with Crippen molar-refractivity contribution in [2.75, 3.05) is 12.0 Å². The van der Waals surface area contributed by atoms with Gasteiger partial charge in [0.05, 0.1) is 6.54 Å². The predicted octanol–water partition coefficient (Wildman–Crippen LogP) is 2.18. The van der Waals surface area contributed by atoms with Crippen LogP contribution in [0.2, 0.25) is 0 Å². The fourth-order valence-corrected chi connectivity index (χ4v) is 4.85. The van der Waals surface area contributed by atoms with Crippen LogP contribution in [0.1, 0.15) is 17.5 Å². The molecule has 11 heteroatoms. The third-order valence-corrected chi connectivity index (χ3v) is 6.87. The summed E-state index contributed by atoms with van der Waals surface area (Å²) in [5, 5.41) is 6.90. The van der Waals surface area contributed by atoms with Gasteiger partial charge in [0.2, 0.25) is 15.9 Å². The van der Waals surface area contributed by atoms with E-state index in [4.69, 9.17) is 0 Å². The number of halogens is 1. The topological polar surface area (TPSA) is 106 Å². The van der Waals surface area contributed by atoms with Gasteiger partial charge in [-0.2, -0.15) is 21.6 Å². The van der Waals surface area contributed by atoms with E-state index in [1.165, 1.54) is 36.3 Å². The Bertz CT molecular complexity index is 1140. The molecule has 2 N–H and O–H groups in total. The molecule has 0 aliphatic carbocycles. The van der Waals surface area contributed by atoms with Gasteiger partial charge in [-0.25, -0.2) is 22.5 Å². The zero-order valence-electron chi connectivity index (χ0n) is 17.4. The molecular formula is C21H24FN5O3S2. The molecule has 0 aliphatic heterocycles. The van der Waals surface area contributed by atoms with E-state index in [0.29, 0.717) is 12.3 Å². The van der Waals surface area contributed by atoms with Crippen molar-refractivity contribution in [3.05, 3.63) is 78.1 Å². The van der Waals surface area contributed by atoms with Gasteiger partial charge in [-0.1, -0.05) is 36.4 Å². The second-order valence-corrected chi connectivity index (χ2v) is 9.63. The van der Waals surface area contributed by atoms with E-state index in [9.17, 15) is 17.6 Å². The Hall–Kier alpha value is -2.76. The Morgan fingerprint density at radius 1 is 1.16 bits per heavy atom. The summed E-state index contributed by atoms with van der Waals surface area (Å²) in [5.41, 5.74) is 1.82. The normalized spacial score (nSPS) is 12.4. The lowest BCUT2D eigenvalue weighted by atomic mass is 10.1. The zero-order valence-corrected chi connectivity index (χ0v) is 19.1. The highest BCUT2D eigenvalue weighted by molar-refractivity contribution is 7.98. The Morgan fingerprint density at radius 2 is 1.88 bits per heavy atom. The summed E-state index contributed by atoms with van der Waals surface area (Å²) < 4.78 is 43.4. The summed E-state index contributed by atoms with van der Waals surface area (Å²) in [6.07, 6.45) is 5.18. The molecule has 3 rings (SSSR count). The molecule has 1 atom stereocenters. The standard InChI is InChI=1S/C21H24FN5O3S2/c1-31-11-10-19(26-32(29,30)20-9-5-4-8-18(20)22)21(28)24-12-16-6-2-3-7-17(16)13-27-15-23-14-25-27/h2-9,14-15,19,26H,10-13H2,1H3,(H,24,28). The number of hydrogen-bond acceptors (Lipinski definition) is 6. The van der Waals surface area contributed by atoms with Crippen molar-refractivity contribution < 1.29 is 17.6 Å². The molecule has 3 aromatic rings. The number of carbonyl (C=O) groups is 1. The van der Waals surface area contributed by atoms with Gasteiger partial charge in [0, 0.05) is 6.54 Å². The molecule has 8 nitrogen and oxygen atoms in total. The minimum Gasteiger partial charge on any atom is -0.351 e. The van der Waals surface area contributed by atoms with Crippen molar-refractivity contribution in [1.29, 1.82) is 0 Å². The number of carbonyl (C=O) groups excluding carboxylic acids is 1. The van der Waals surface area contributed by atoms with E-state index in [-0.39, 0.29) is 13.0 Å². The second-order valence-electron chi connectivity index (χ2n) is 6.97. The second kappa shape index (κ2) is 11.2. The van der Waals surface area contributed by atoms with Gasteiger partial charge in [0.15, 0.2) is 0 Å². The first-order chi connectivity index (χ1) is 15.4. The number of aromatic nitrogens is 3. The maximum absolute atomic E-state index is 14.0. The highest BCUT2D eigenvalue weighted by atomic mass is 32.2. The molecule has 0 spiro atoms. The van der Waals surface area contributed by atoms with Crippen molar-refractivity contribution in [3.63, 3.8) is 0 Å². The van der Waals surface area contributed by atoms with Gasteiger partial charge in [0.1, 0.15) is 29.4 Å². The summed E-state index contributed by atoms with van der Waals surface area (Å²) >= 11 is 1.49. The molecule has 0 saturated carbocycles. The first-order valence-corrected chi connectivity index (χ1v) is 12.7. The molecule has 0 aliphatic rings. The van der Waals surface area contributed by atoms with Crippen LogP contribution in [0.5, 0.6) is 0 Å². The van der Waals surface area contributed by atoms with Crippen molar-refractivity contribution in [1.82, 2.24) is 24.8 Å². The van der Waals surface area contributed by atoms with Crippen LogP contribution in [-0.4, -0.2) is 47.1 Å². The average molecular weight is 478 g/mol. The first kappa shape index (κ1) is 23.9. The lowest BCUT2D eigenvalue weighted by Gasteiger charge is -2.19. The molecule has 0 fully saturated rings. The number of sulfonamides is 1. The number of nitrogens with zero attached hydrogens (tertiary/aromatic N) is 3. The lowest BCUT2D eigenvalue weighted by molar-refractivity contribution is -0.122. The fraction of sp³-hybridized carbons (Fsp3) is 0.286. The highest BCUT2D eigenvalue weighted by Gasteiger charge is 2.27. The van der Waals surface area contributed by atoms with Crippen LogP contribution in [0.15, 0.2) is 66.1 Å². The lowest BCUT2D eigenvalue weighted by Crippen LogP contribution is -2.47. The van der Waals surface area contributed by atoms with Gasteiger partial charge in [-0.15, -0.1) is 0 Å². The van der Waals surface area contributed by atoms with Crippen molar-refractivity contribution in [3.8, 4) is 0 Å². The van der Waals surface area contributed by atoms with Gasteiger partial charge in [-0.3, -0.25) is 4.79 Å². The minimum absolute atomic E-state index is 0.209. The summed E-state index contributed by atoms with van der Waals surface area (Å²) in [7, 11) is -4.20. The van der Waals surface area contributed by atoms with Gasteiger partial charge < -0.3 is 5.32 Å². The number of rotatable bonds is 11. The molecule has 170 valence electrons. The molecule has 32 heavy (non-hydrogen) atoms. The van der Waals surface area contributed by atoms with Crippen LogP contribution in [0.4, 0.5) is 4.39 Å². The molecule has 2 aromatic carbocycles. The Balaban J connectivity index is 1.71. The van der Waals surface area contributed by atoms with Crippen molar-refractivity contribution in [2.45, 2.75) is 30.4 Å². The van der Waals surface area contributed by atoms with E-state index < -0.39 is 32.7 Å². The Kier molecular flexibility index (Phi) is 8.37. The van der Waals surface area contributed by atoms with E-state index >= 15 is 0 Å². The van der Waals surface area contributed by atoms with Crippen LogP contribution < -0.4 is 10.0 Å². The van der Waals surface area contributed by atoms with Gasteiger partial charge in [-0.05, 0) is 41.7 Å². The molecule has 1 heterocycles. The van der Waals surface area contributed by atoms with Crippen LogP contribution in [0.25, 0.3) is 0 Å². The third-order valence-electron chi connectivity index (χ3n) is 4.72. The van der Waals surface area contributed by atoms with Gasteiger partial charge >= 0.3 is 0 Å². The number of nitrogens with one attached hydrogen (secondary N) is 2. The summed E-state index contributed by atoms with van der Waals surface area (Å²) in [4.78, 5) is 16.3. The highest BCUT2D eigenvalue weighted by Crippen LogP contribution is 2.15. The first-order valence-electron chi connectivity index (χ1n) is 9.83. The van der Waals surface area contributed by atoms with E-state index in [1.807, 2.05) is 30.5 Å². The molecule has 1 unspecified atom stereocenters. The number of benzene rings is 2. The Labute approximate surface area is 190 Å². The molecule has 1 aromatic heterocycles. The minimum atomic E-state index is -4.20. The maximum atomic E-state index is 14.0. The molecule has 0 radical (unpaired) electrons. The monoisotopic (exact) mass is 477 g/mol. The number of hydrogen-bond donors (Lipinski definition) is 2. The molecule has 0 bridgehead atoms.